The summed E-state index contributed by atoms with van der Waals surface area (Å²) < 4.78 is 23.7. The van der Waals surface area contributed by atoms with Gasteiger partial charge in [-0.05, 0) is 30.5 Å². The van der Waals surface area contributed by atoms with Crippen molar-refractivity contribution in [2.45, 2.75) is 18.9 Å². The zero-order valence-corrected chi connectivity index (χ0v) is 9.99. The highest BCUT2D eigenvalue weighted by Crippen LogP contribution is 2.29. The molecular formula is C13H18FNO2. The minimum absolute atomic E-state index is 0.121. The first kappa shape index (κ1) is 12.3. The Morgan fingerprint density at radius 2 is 2.35 bits per heavy atom. The van der Waals surface area contributed by atoms with Crippen LogP contribution < -0.4 is 10.5 Å². The fourth-order valence-corrected chi connectivity index (χ4v) is 2.20. The van der Waals surface area contributed by atoms with Crippen molar-refractivity contribution in [3.63, 3.8) is 0 Å². The van der Waals surface area contributed by atoms with E-state index in [1.807, 2.05) is 0 Å². The van der Waals surface area contributed by atoms with E-state index < -0.39 is 0 Å². The van der Waals surface area contributed by atoms with Gasteiger partial charge in [-0.2, -0.15) is 0 Å². The predicted molar refractivity (Wildman–Crippen MR) is 63.4 cm³/mol. The predicted octanol–water partition coefficient (Wildman–Crippen LogP) is 2.26. The Morgan fingerprint density at radius 1 is 1.53 bits per heavy atom. The summed E-state index contributed by atoms with van der Waals surface area (Å²) in [6.45, 7) is 1.50. The third-order valence-corrected chi connectivity index (χ3v) is 3.26. The molecule has 4 heteroatoms. The van der Waals surface area contributed by atoms with E-state index in [1.165, 1.54) is 13.2 Å². The number of hydrogen-bond acceptors (Lipinski definition) is 3. The molecule has 0 aliphatic carbocycles. The summed E-state index contributed by atoms with van der Waals surface area (Å²) in [7, 11) is 1.46. The zero-order valence-electron chi connectivity index (χ0n) is 9.99. The van der Waals surface area contributed by atoms with Gasteiger partial charge in [0.2, 0.25) is 0 Å². The lowest BCUT2D eigenvalue weighted by Gasteiger charge is -2.28. The molecule has 1 saturated heterocycles. The lowest BCUT2D eigenvalue weighted by molar-refractivity contribution is 0.0447. The van der Waals surface area contributed by atoms with Crippen LogP contribution in [0.1, 0.15) is 24.4 Å². The molecule has 1 fully saturated rings. The van der Waals surface area contributed by atoms with Gasteiger partial charge in [-0.15, -0.1) is 0 Å². The molecule has 1 aliphatic heterocycles. The summed E-state index contributed by atoms with van der Waals surface area (Å²) >= 11 is 0. The smallest absolute Gasteiger partial charge is 0.165 e. The fraction of sp³-hybridized carbons (Fsp3) is 0.538. The van der Waals surface area contributed by atoms with Gasteiger partial charge < -0.3 is 15.2 Å². The maximum atomic E-state index is 13.3. The number of rotatable bonds is 3. The van der Waals surface area contributed by atoms with Crippen LogP contribution in [0.2, 0.25) is 0 Å². The van der Waals surface area contributed by atoms with E-state index in [9.17, 15) is 4.39 Å². The molecule has 0 saturated carbocycles. The Morgan fingerprint density at radius 3 is 3.00 bits per heavy atom. The van der Waals surface area contributed by atoms with Crippen molar-refractivity contribution in [1.29, 1.82) is 0 Å². The molecule has 0 aromatic heterocycles. The van der Waals surface area contributed by atoms with E-state index >= 15 is 0 Å². The first-order valence-corrected chi connectivity index (χ1v) is 5.89. The van der Waals surface area contributed by atoms with Crippen molar-refractivity contribution in [3.8, 4) is 5.75 Å². The van der Waals surface area contributed by atoms with Crippen LogP contribution in [0, 0.1) is 11.7 Å². The summed E-state index contributed by atoms with van der Waals surface area (Å²) in [5, 5.41) is 0. The Hall–Kier alpha value is -1.13. The average Bonchev–Trinajstić information content (AvgIpc) is 2.39. The second kappa shape index (κ2) is 5.47. The molecule has 17 heavy (non-hydrogen) atoms. The summed E-state index contributed by atoms with van der Waals surface area (Å²) in [6.07, 6.45) is 2.09. The number of methoxy groups -OCH3 is 1. The van der Waals surface area contributed by atoms with Crippen LogP contribution in [0.25, 0.3) is 0 Å². The van der Waals surface area contributed by atoms with Crippen molar-refractivity contribution in [1.82, 2.24) is 0 Å². The summed E-state index contributed by atoms with van der Waals surface area (Å²) in [5.74, 6) is 0.192. The lowest BCUT2D eigenvalue weighted by Crippen LogP contribution is -2.29. The Labute approximate surface area is 101 Å². The third-order valence-electron chi connectivity index (χ3n) is 3.26. The number of hydrogen-bond donors (Lipinski definition) is 1. The molecular weight excluding hydrogens is 221 g/mol. The molecule has 2 rings (SSSR count). The Balaban J connectivity index is 2.15. The SMILES string of the molecule is COc1cc(C(N)C2CCCOC2)ccc1F. The largest absolute Gasteiger partial charge is 0.494 e. The van der Waals surface area contributed by atoms with Crippen LogP contribution >= 0.6 is 0 Å². The van der Waals surface area contributed by atoms with Gasteiger partial charge in [0, 0.05) is 18.6 Å². The Kier molecular flexibility index (Phi) is 3.97. The molecule has 2 atom stereocenters. The maximum absolute atomic E-state index is 13.3. The summed E-state index contributed by atoms with van der Waals surface area (Å²) in [4.78, 5) is 0. The van der Waals surface area contributed by atoms with E-state index in [4.69, 9.17) is 15.2 Å². The van der Waals surface area contributed by atoms with Crippen LogP contribution in [0.4, 0.5) is 4.39 Å². The molecule has 0 radical (unpaired) electrons. The number of halogens is 1. The van der Waals surface area contributed by atoms with Crippen LogP contribution in [0.3, 0.4) is 0 Å². The standard InChI is InChI=1S/C13H18FNO2/c1-16-12-7-9(4-5-11(12)14)13(15)10-3-2-6-17-8-10/h4-5,7,10,13H,2-3,6,8,15H2,1H3. The molecule has 1 aliphatic rings. The highest BCUT2D eigenvalue weighted by molar-refractivity contribution is 5.32. The fourth-order valence-electron chi connectivity index (χ4n) is 2.20. The van der Waals surface area contributed by atoms with E-state index in [1.54, 1.807) is 12.1 Å². The van der Waals surface area contributed by atoms with Crippen LogP contribution in [0.5, 0.6) is 5.75 Å². The first-order chi connectivity index (χ1) is 8.22. The van der Waals surface area contributed by atoms with Gasteiger partial charge in [0.25, 0.3) is 0 Å². The van der Waals surface area contributed by atoms with E-state index in [0.717, 1.165) is 25.0 Å². The van der Waals surface area contributed by atoms with Gasteiger partial charge in [-0.25, -0.2) is 4.39 Å². The average molecular weight is 239 g/mol. The zero-order chi connectivity index (χ0) is 12.3. The monoisotopic (exact) mass is 239 g/mol. The van der Waals surface area contributed by atoms with Crippen molar-refractivity contribution in [3.05, 3.63) is 29.6 Å². The molecule has 2 unspecified atom stereocenters. The van der Waals surface area contributed by atoms with Gasteiger partial charge in [0.1, 0.15) is 0 Å². The second-order valence-electron chi connectivity index (χ2n) is 4.40. The molecule has 3 nitrogen and oxygen atoms in total. The van der Waals surface area contributed by atoms with Crippen LogP contribution in [-0.2, 0) is 4.74 Å². The summed E-state index contributed by atoms with van der Waals surface area (Å²) in [5.41, 5.74) is 7.09. The van der Waals surface area contributed by atoms with Gasteiger partial charge in [-0.3, -0.25) is 0 Å². The highest BCUT2D eigenvalue weighted by Gasteiger charge is 2.23. The van der Waals surface area contributed by atoms with Gasteiger partial charge in [-0.1, -0.05) is 6.07 Å². The van der Waals surface area contributed by atoms with E-state index in [-0.39, 0.29) is 17.6 Å². The molecule has 0 bridgehead atoms. The van der Waals surface area contributed by atoms with E-state index in [2.05, 4.69) is 0 Å². The van der Waals surface area contributed by atoms with Gasteiger partial charge in [0.05, 0.1) is 13.7 Å². The first-order valence-electron chi connectivity index (χ1n) is 5.89. The van der Waals surface area contributed by atoms with Crippen molar-refractivity contribution in [2.24, 2.45) is 11.7 Å². The molecule has 1 aromatic carbocycles. The van der Waals surface area contributed by atoms with Crippen LogP contribution in [0.15, 0.2) is 18.2 Å². The Bertz CT molecular complexity index is 378. The third kappa shape index (κ3) is 2.76. The topological polar surface area (TPSA) is 44.5 Å². The van der Waals surface area contributed by atoms with Crippen molar-refractivity contribution in [2.75, 3.05) is 20.3 Å². The molecule has 2 N–H and O–H groups in total. The number of ether oxygens (including phenoxy) is 2. The van der Waals surface area contributed by atoms with Crippen molar-refractivity contribution < 1.29 is 13.9 Å². The number of nitrogens with two attached hydrogens (primary N) is 1. The van der Waals surface area contributed by atoms with Crippen molar-refractivity contribution >= 4 is 0 Å². The molecule has 94 valence electrons. The molecule has 0 spiro atoms. The molecule has 1 heterocycles. The van der Waals surface area contributed by atoms with Gasteiger partial charge >= 0.3 is 0 Å². The van der Waals surface area contributed by atoms with Gasteiger partial charge in [0.15, 0.2) is 11.6 Å². The minimum Gasteiger partial charge on any atom is -0.494 e. The lowest BCUT2D eigenvalue weighted by atomic mass is 9.89. The minimum atomic E-state index is -0.358. The van der Waals surface area contributed by atoms with E-state index in [0.29, 0.717) is 12.5 Å². The highest BCUT2D eigenvalue weighted by atomic mass is 19.1. The normalized spacial score (nSPS) is 22.2. The number of benzene rings is 1. The molecule has 0 amide bonds. The summed E-state index contributed by atoms with van der Waals surface area (Å²) in [6, 6.07) is 4.67. The molecule has 1 aromatic rings. The second-order valence-corrected chi connectivity index (χ2v) is 4.40. The maximum Gasteiger partial charge on any atom is 0.165 e. The quantitative estimate of drug-likeness (QED) is 0.880. The van der Waals surface area contributed by atoms with Crippen LogP contribution in [-0.4, -0.2) is 20.3 Å².